The molecule has 0 atom stereocenters. The molecule has 0 unspecified atom stereocenters. The third-order valence-corrected chi connectivity index (χ3v) is 3.78. The topological polar surface area (TPSA) is 57.0 Å². The maximum Gasteiger partial charge on any atom is 0.165 e. The Kier molecular flexibility index (Phi) is 6.53. The van der Waals surface area contributed by atoms with Gasteiger partial charge in [-0.1, -0.05) is 45.0 Å². The Balaban J connectivity index is 1.88. The van der Waals surface area contributed by atoms with Crippen LogP contribution in [-0.4, -0.2) is 20.8 Å². The lowest BCUT2D eigenvalue weighted by Gasteiger charge is -2.07. The van der Waals surface area contributed by atoms with Crippen molar-refractivity contribution in [3.8, 4) is 5.75 Å². The van der Waals surface area contributed by atoms with E-state index in [9.17, 15) is 4.79 Å². The quantitative estimate of drug-likeness (QED) is 0.649. The van der Waals surface area contributed by atoms with Crippen molar-refractivity contribution in [1.82, 2.24) is 15.0 Å². The van der Waals surface area contributed by atoms with E-state index >= 15 is 0 Å². The van der Waals surface area contributed by atoms with E-state index in [2.05, 4.69) is 24.2 Å². The van der Waals surface area contributed by atoms with Crippen LogP contribution >= 0.6 is 0 Å². The second-order valence-electron chi connectivity index (χ2n) is 6.84. The summed E-state index contributed by atoms with van der Waals surface area (Å²) in [5.74, 6) is 1.48. The van der Waals surface area contributed by atoms with Crippen LogP contribution < -0.4 is 4.74 Å². The van der Waals surface area contributed by atoms with Crippen molar-refractivity contribution in [2.24, 2.45) is 11.8 Å². The summed E-state index contributed by atoms with van der Waals surface area (Å²) < 4.78 is 7.61. The second-order valence-corrected chi connectivity index (χ2v) is 6.84. The molecule has 0 radical (unpaired) electrons. The van der Waals surface area contributed by atoms with Gasteiger partial charge in [-0.2, -0.15) is 0 Å². The van der Waals surface area contributed by atoms with Gasteiger partial charge in [0.1, 0.15) is 18.1 Å². The van der Waals surface area contributed by atoms with Crippen LogP contribution in [0.2, 0.25) is 0 Å². The third kappa shape index (κ3) is 5.48. The van der Waals surface area contributed by atoms with E-state index in [1.54, 1.807) is 6.07 Å². The highest BCUT2D eigenvalue weighted by molar-refractivity contribution is 5.97. The number of Topliss-reactive ketones (excluding diaryl/α,β-unsaturated/α-hetero) is 1. The average Bonchev–Trinajstić information content (AvgIpc) is 3.00. The highest BCUT2D eigenvalue weighted by Gasteiger charge is 2.11. The van der Waals surface area contributed by atoms with Gasteiger partial charge in [0.25, 0.3) is 0 Å². The second kappa shape index (κ2) is 8.62. The molecule has 0 aliphatic carbocycles. The molecule has 2 rings (SSSR count). The van der Waals surface area contributed by atoms with Gasteiger partial charge in [-0.15, -0.1) is 5.10 Å². The fourth-order valence-corrected chi connectivity index (χ4v) is 2.41. The predicted octanol–water partition coefficient (Wildman–Crippen LogP) is 4.13. The molecule has 1 heterocycles. The SMILES string of the molecule is CC(C)CCCn1cc(COc2cccc(C(=O)C(C)C)c2)nn1. The number of ketones is 1. The summed E-state index contributed by atoms with van der Waals surface area (Å²) in [5.41, 5.74) is 1.47. The first kappa shape index (κ1) is 18.2. The Hall–Kier alpha value is -2.17. The molecule has 0 saturated heterocycles. The summed E-state index contributed by atoms with van der Waals surface area (Å²) in [6, 6.07) is 7.30. The maximum absolute atomic E-state index is 12.0. The molecule has 5 heteroatoms. The monoisotopic (exact) mass is 329 g/mol. The zero-order chi connectivity index (χ0) is 17.5. The number of benzene rings is 1. The summed E-state index contributed by atoms with van der Waals surface area (Å²) in [5, 5.41) is 8.26. The van der Waals surface area contributed by atoms with Gasteiger partial charge in [0.15, 0.2) is 5.78 Å². The summed E-state index contributed by atoms with van der Waals surface area (Å²) in [7, 11) is 0. The van der Waals surface area contributed by atoms with Gasteiger partial charge in [-0.05, 0) is 30.9 Å². The molecule has 1 aromatic heterocycles. The Labute approximate surface area is 144 Å². The molecule has 0 spiro atoms. The minimum atomic E-state index is -0.0222. The highest BCUT2D eigenvalue weighted by Crippen LogP contribution is 2.17. The number of hydrogen-bond acceptors (Lipinski definition) is 4. The summed E-state index contributed by atoms with van der Waals surface area (Å²) in [6.45, 7) is 9.46. The Morgan fingerprint density at radius 3 is 2.75 bits per heavy atom. The first-order valence-corrected chi connectivity index (χ1v) is 8.61. The summed E-state index contributed by atoms with van der Waals surface area (Å²) in [6.07, 6.45) is 4.20. The Morgan fingerprint density at radius 1 is 1.25 bits per heavy atom. The molecule has 0 aliphatic rings. The number of hydrogen-bond donors (Lipinski definition) is 0. The van der Waals surface area contributed by atoms with Crippen molar-refractivity contribution >= 4 is 5.78 Å². The van der Waals surface area contributed by atoms with Crippen molar-refractivity contribution in [2.75, 3.05) is 0 Å². The van der Waals surface area contributed by atoms with Crippen molar-refractivity contribution in [3.63, 3.8) is 0 Å². The summed E-state index contributed by atoms with van der Waals surface area (Å²) in [4.78, 5) is 12.0. The lowest BCUT2D eigenvalue weighted by molar-refractivity contribution is 0.0939. The molecular weight excluding hydrogens is 302 g/mol. The van der Waals surface area contributed by atoms with Crippen LogP contribution in [0.1, 0.15) is 56.6 Å². The molecule has 1 aromatic carbocycles. The van der Waals surface area contributed by atoms with Crippen LogP contribution in [0.5, 0.6) is 5.75 Å². The minimum Gasteiger partial charge on any atom is -0.487 e. The number of carbonyl (C=O) groups excluding carboxylic acids is 1. The number of nitrogens with zero attached hydrogens (tertiary/aromatic N) is 3. The normalized spacial score (nSPS) is 11.2. The molecule has 0 N–H and O–H groups in total. The molecule has 0 saturated carbocycles. The molecule has 24 heavy (non-hydrogen) atoms. The third-order valence-electron chi connectivity index (χ3n) is 3.78. The average molecular weight is 329 g/mol. The first-order valence-electron chi connectivity index (χ1n) is 8.61. The number of ether oxygens (including phenoxy) is 1. The van der Waals surface area contributed by atoms with E-state index in [1.807, 2.05) is 42.9 Å². The van der Waals surface area contributed by atoms with Crippen molar-refractivity contribution in [2.45, 2.75) is 53.7 Å². The largest absolute Gasteiger partial charge is 0.487 e. The van der Waals surface area contributed by atoms with E-state index < -0.39 is 0 Å². The molecule has 0 amide bonds. The first-order chi connectivity index (χ1) is 11.5. The van der Waals surface area contributed by atoms with Gasteiger partial charge in [0.2, 0.25) is 0 Å². The van der Waals surface area contributed by atoms with Crippen LogP contribution in [-0.2, 0) is 13.2 Å². The zero-order valence-electron chi connectivity index (χ0n) is 15.0. The van der Waals surface area contributed by atoms with Crippen LogP contribution in [0, 0.1) is 11.8 Å². The van der Waals surface area contributed by atoms with Crippen LogP contribution in [0.15, 0.2) is 30.5 Å². The molecule has 0 bridgehead atoms. The number of aryl methyl sites for hydroxylation is 1. The van der Waals surface area contributed by atoms with Gasteiger partial charge in [0, 0.05) is 18.0 Å². The molecule has 2 aromatic rings. The van der Waals surface area contributed by atoms with Crippen LogP contribution in [0.4, 0.5) is 0 Å². The minimum absolute atomic E-state index is 0.0222. The van der Waals surface area contributed by atoms with E-state index in [0.29, 0.717) is 23.8 Å². The fraction of sp³-hybridized carbons (Fsp3) is 0.526. The van der Waals surface area contributed by atoms with Gasteiger partial charge < -0.3 is 4.74 Å². The number of carbonyl (C=O) groups is 1. The lowest BCUT2D eigenvalue weighted by atomic mass is 10.0. The van der Waals surface area contributed by atoms with Gasteiger partial charge in [-0.25, -0.2) is 0 Å². The van der Waals surface area contributed by atoms with Crippen LogP contribution in [0.25, 0.3) is 0 Å². The van der Waals surface area contributed by atoms with E-state index in [0.717, 1.165) is 18.7 Å². The molecule has 0 aliphatic heterocycles. The van der Waals surface area contributed by atoms with Crippen molar-refractivity contribution in [1.29, 1.82) is 0 Å². The van der Waals surface area contributed by atoms with E-state index in [1.165, 1.54) is 6.42 Å². The number of rotatable bonds is 9. The highest BCUT2D eigenvalue weighted by atomic mass is 16.5. The summed E-state index contributed by atoms with van der Waals surface area (Å²) >= 11 is 0. The fourth-order valence-electron chi connectivity index (χ4n) is 2.41. The lowest BCUT2D eigenvalue weighted by Crippen LogP contribution is -2.07. The van der Waals surface area contributed by atoms with Crippen molar-refractivity contribution in [3.05, 3.63) is 41.7 Å². The maximum atomic E-state index is 12.0. The Morgan fingerprint density at radius 2 is 2.04 bits per heavy atom. The van der Waals surface area contributed by atoms with E-state index in [-0.39, 0.29) is 11.7 Å². The smallest absolute Gasteiger partial charge is 0.165 e. The van der Waals surface area contributed by atoms with E-state index in [4.69, 9.17) is 4.74 Å². The van der Waals surface area contributed by atoms with Gasteiger partial charge >= 0.3 is 0 Å². The predicted molar refractivity (Wildman–Crippen MR) is 94.0 cm³/mol. The Bertz CT molecular complexity index is 662. The van der Waals surface area contributed by atoms with Crippen molar-refractivity contribution < 1.29 is 9.53 Å². The molecule has 0 fully saturated rings. The molecule has 5 nitrogen and oxygen atoms in total. The number of aromatic nitrogens is 3. The van der Waals surface area contributed by atoms with Gasteiger partial charge in [0.05, 0.1) is 6.20 Å². The molecular formula is C19H27N3O2. The molecule has 130 valence electrons. The zero-order valence-corrected chi connectivity index (χ0v) is 15.0. The van der Waals surface area contributed by atoms with Gasteiger partial charge in [-0.3, -0.25) is 9.48 Å². The standard InChI is InChI=1S/C19H27N3O2/c1-14(2)7-6-10-22-12-17(20-21-22)13-24-18-9-5-8-16(11-18)19(23)15(3)4/h5,8-9,11-12,14-15H,6-7,10,13H2,1-4H3. The van der Waals surface area contributed by atoms with Crippen LogP contribution in [0.3, 0.4) is 0 Å².